The molecule has 0 bridgehead atoms. The highest BCUT2D eigenvalue weighted by Crippen LogP contribution is 2.26. The van der Waals surface area contributed by atoms with Gasteiger partial charge in [-0.05, 0) is 32.1 Å². The van der Waals surface area contributed by atoms with Crippen molar-refractivity contribution in [2.45, 2.75) is 44.4 Å². The fourth-order valence-electron chi connectivity index (χ4n) is 2.89. The van der Waals surface area contributed by atoms with Crippen LogP contribution >= 0.6 is 11.6 Å². The van der Waals surface area contributed by atoms with Crippen molar-refractivity contribution in [1.29, 1.82) is 0 Å². The number of rotatable bonds is 2. The van der Waals surface area contributed by atoms with E-state index in [1.165, 1.54) is 4.68 Å². The van der Waals surface area contributed by atoms with Crippen LogP contribution in [0.25, 0.3) is 0 Å². The molecule has 21 heavy (non-hydrogen) atoms. The molecule has 1 aromatic rings. The van der Waals surface area contributed by atoms with Crippen molar-refractivity contribution in [3.63, 3.8) is 0 Å². The molecule has 7 heteroatoms. The molecule has 1 N–H and O–H groups in total. The summed E-state index contributed by atoms with van der Waals surface area (Å²) in [6, 6.07) is 0. The Morgan fingerprint density at radius 2 is 2.05 bits per heavy atom. The monoisotopic (exact) mass is 313 g/mol. The highest BCUT2D eigenvalue weighted by molar-refractivity contribution is 6.33. The van der Waals surface area contributed by atoms with Crippen LogP contribution in [0.4, 0.5) is 5.69 Å². The molecular weight excluding hydrogens is 294 g/mol. The van der Waals surface area contributed by atoms with Gasteiger partial charge in [0.05, 0.1) is 18.0 Å². The van der Waals surface area contributed by atoms with Crippen molar-refractivity contribution in [2.24, 2.45) is 0 Å². The number of hydrogen-bond donors (Lipinski definition) is 1. The Labute approximate surface area is 128 Å². The summed E-state index contributed by atoms with van der Waals surface area (Å²) in [4.78, 5) is 14.4. The van der Waals surface area contributed by atoms with E-state index in [2.05, 4.69) is 5.10 Å². The number of aromatic nitrogens is 2. The topological polar surface area (TPSA) is 67.6 Å². The minimum Gasteiger partial charge on any atom is -0.393 e. The number of aliphatic hydroxyl groups is 1. The predicted octanol–water partition coefficient (Wildman–Crippen LogP) is 1.56. The van der Waals surface area contributed by atoms with Crippen molar-refractivity contribution in [3.8, 4) is 0 Å². The molecule has 0 amide bonds. The third-order valence-electron chi connectivity index (χ3n) is 4.16. The van der Waals surface area contributed by atoms with Crippen LogP contribution in [0.15, 0.2) is 11.0 Å². The molecule has 0 saturated carbocycles. The maximum Gasteiger partial charge on any atom is 0.290 e. The number of piperidine rings is 1. The van der Waals surface area contributed by atoms with E-state index in [4.69, 9.17) is 16.3 Å². The number of aliphatic hydroxyl groups excluding tert-OH is 1. The minimum absolute atomic E-state index is 0.190. The van der Waals surface area contributed by atoms with Crippen LogP contribution in [-0.4, -0.2) is 40.7 Å². The fourth-order valence-corrected chi connectivity index (χ4v) is 3.14. The van der Waals surface area contributed by atoms with Crippen molar-refractivity contribution >= 4 is 17.3 Å². The standard InChI is InChI=1S/C14H20ClN3O3/c15-13-11(17-6-4-10(19)5-7-17)9-16-18(14(13)20)12-3-1-2-8-21-12/h9-10,12,19H,1-8H2. The molecule has 2 aliphatic rings. The van der Waals surface area contributed by atoms with Gasteiger partial charge in [0, 0.05) is 19.7 Å². The van der Waals surface area contributed by atoms with E-state index in [-0.39, 0.29) is 22.9 Å². The van der Waals surface area contributed by atoms with Crippen molar-refractivity contribution in [3.05, 3.63) is 21.6 Å². The maximum absolute atomic E-state index is 12.4. The summed E-state index contributed by atoms with van der Waals surface area (Å²) in [6.07, 6.45) is 5.29. The van der Waals surface area contributed by atoms with E-state index in [9.17, 15) is 9.90 Å². The molecule has 2 fully saturated rings. The lowest BCUT2D eigenvalue weighted by Gasteiger charge is -2.32. The van der Waals surface area contributed by atoms with Crippen LogP contribution in [0, 0.1) is 0 Å². The van der Waals surface area contributed by atoms with Gasteiger partial charge in [0.25, 0.3) is 5.56 Å². The molecule has 0 spiro atoms. The number of ether oxygens (including phenoxy) is 1. The van der Waals surface area contributed by atoms with Crippen molar-refractivity contribution in [1.82, 2.24) is 9.78 Å². The van der Waals surface area contributed by atoms with Crippen LogP contribution < -0.4 is 10.5 Å². The Morgan fingerprint density at radius 3 is 2.71 bits per heavy atom. The molecule has 3 heterocycles. The van der Waals surface area contributed by atoms with Crippen LogP contribution in [0.5, 0.6) is 0 Å². The lowest BCUT2D eigenvalue weighted by molar-refractivity contribution is -0.0424. The third-order valence-corrected chi connectivity index (χ3v) is 4.51. The van der Waals surface area contributed by atoms with E-state index in [1.807, 2.05) is 4.90 Å². The first-order valence-electron chi connectivity index (χ1n) is 7.49. The van der Waals surface area contributed by atoms with Gasteiger partial charge in [-0.3, -0.25) is 4.79 Å². The van der Waals surface area contributed by atoms with E-state index in [0.29, 0.717) is 38.2 Å². The zero-order valence-corrected chi connectivity index (χ0v) is 12.6. The molecule has 6 nitrogen and oxygen atoms in total. The molecule has 3 rings (SSSR count). The molecule has 1 aromatic heterocycles. The van der Waals surface area contributed by atoms with Gasteiger partial charge in [0.2, 0.25) is 0 Å². The summed E-state index contributed by atoms with van der Waals surface area (Å²) in [5.74, 6) is 0. The Hall–Kier alpha value is -1.11. The summed E-state index contributed by atoms with van der Waals surface area (Å²) >= 11 is 6.25. The highest BCUT2D eigenvalue weighted by atomic mass is 35.5. The molecule has 0 radical (unpaired) electrons. The molecular formula is C14H20ClN3O3. The van der Waals surface area contributed by atoms with Crippen LogP contribution in [0.3, 0.4) is 0 Å². The first-order valence-corrected chi connectivity index (χ1v) is 7.86. The van der Waals surface area contributed by atoms with Gasteiger partial charge in [-0.2, -0.15) is 9.78 Å². The third kappa shape index (κ3) is 3.07. The van der Waals surface area contributed by atoms with Crippen molar-refractivity contribution in [2.75, 3.05) is 24.6 Å². The smallest absolute Gasteiger partial charge is 0.290 e. The summed E-state index contributed by atoms with van der Waals surface area (Å²) < 4.78 is 6.95. The number of nitrogens with zero attached hydrogens (tertiary/aromatic N) is 3. The zero-order chi connectivity index (χ0) is 14.8. The normalized spacial score (nSPS) is 24.3. The second-order valence-corrected chi connectivity index (χ2v) is 6.01. The SMILES string of the molecule is O=c1c(Cl)c(N2CCC(O)CC2)cnn1C1CCCCO1. The lowest BCUT2D eigenvalue weighted by Crippen LogP contribution is -2.38. The molecule has 0 aliphatic carbocycles. The second-order valence-electron chi connectivity index (χ2n) is 5.63. The van der Waals surface area contributed by atoms with Crippen LogP contribution in [0.2, 0.25) is 5.02 Å². The Kier molecular flexibility index (Phi) is 4.47. The van der Waals surface area contributed by atoms with Gasteiger partial charge in [-0.1, -0.05) is 11.6 Å². The summed E-state index contributed by atoms with van der Waals surface area (Å²) in [5, 5.41) is 14.0. The Bertz CT molecular complexity index is 549. The van der Waals surface area contributed by atoms with Crippen LogP contribution in [0.1, 0.15) is 38.3 Å². The minimum atomic E-state index is -0.305. The molecule has 2 aliphatic heterocycles. The summed E-state index contributed by atoms with van der Waals surface area (Å²) in [6.45, 7) is 2.03. The van der Waals surface area contributed by atoms with Gasteiger partial charge in [0.15, 0.2) is 6.23 Å². The predicted molar refractivity (Wildman–Crippen MR) is 79.8 cm³/mol. The molecule has 2 saturated heterocycles. The molecule has 116 valence electrons. The van der Waals surface area contributed by atoms with Crippen LogP contribution in [-0.2, 0) is 4.74 Å². The zero-order valence-electron chi connectivity index (χ0n) is 11.9. The van der Waals surface area contributed by atoms with Gasteiger partial charge < -0.3 is 14.7 Å². The van der Waals surface area contributed by atoms with E-state index < -0.39 is 0 Å². The van der Waals surface area contributed by atoms with E-state index in [1.54, 1.807) is 6.20 Å². The number of halogens is 1. The summed E-state index contributed by atoms with van der Waals surface area (Å²) in [5.41, 5.74) is 0.354. The lowest BCUT2D eigenvalue weighted by atomic mass is 10.1. The average molecular weight is 314 g/mol. The fraction of sp³-hybridized carbons (Fsp3) is 0.714. The molecule has 1 unspecified atom stereocenters. The van der Waals surface area contributed by atoms with Gasteiger partial charge >= 0.3 is 0 Å². The van der Waals surface area contributed by atoms with E-state index in [0.717, 1.165) is 19.3 Å². The molecule has 0 aromatic carbocycles. The Morgan fingerprint density at radius 1 is 1.29 bits per heavy atom. The average Bonchev–Trinajstić information content (AvgIpc) is 2.52. The largest absolute Gasteiger partial charge is 0.393 e. The number of hydrogen-bond acceptors (Lipinski definition) is 5. The maximum atomic E-state index is 12.4. The van der Waals surface area contributed by atoms with Gasteiger partial charge in [0.1, 0.15) is 5.02 Å². The molecule has 1 atom stereocenters. The van der Waals surface area contributed by atoms with Crippen molar-refractivity contribution < 1.29 is 9.84 Å². The highest BCUT2D eigenvalue weighted by Gasteiger charge is 2.24. The quantitative estimate of drug-likeness (QED) is 0.897. The van der Waals surface area contributed by atoms with E-state index >= 15 is 0 Å². The Balaban J connectivity index is 1.84. The first-order chi connectivity index (χ1) is 10.2. The summed E-state index contributed by atoms with van der Waals surface area (Å²) in [7, 11) is 0. The first kappa shape index (κ1) is 14.8. The van der Waals surface area contributed by atoms with Gasteiger partial charge in [-0.15, -0.1) is 0 Å². The number of anilines is 1. The van der Waals surface area contributed by atoms with Gasteiger partial charge in [-0.25, -0.2) is 0 Å². The second kappa shape index (κ2) is 6.34.